The summed E-state index contributed by atoms with van der Waals surface area (Å²) in [5.41, 5.74) is -0.628. The van der Waals surface area contributed by atoms with Crippen molar-refractivity contribution < 1.29 is 9.94 Å². The van der Waals surface area contributed by atoms with E-state index in [0.29, 0.717) is 0 Å². The third-order valence-electron chi connectivity index (χ3n) is 4.91. The minimum Gasteiger partial charge on any atom is -0.378 e. The molecular formula is C19H38NO2. The van der Waals surface area contributed by atoms with E-state index in [4.69, 9.17) is 4.74 Å². The van der Waals surface area contributed by atoms with E-state index >= 15 is 0 Å². The van der Waals surface area contributed by atoms with E-state index in [0.717, 1.165) is 25.9 Å². The van der Waals surface area contributed by atoms with Gasteiger partial charge in [0.25, 0.3) is 0 Å². The van der Waals surface area contributed by atoms with Crippen LogP contribution >= 0.6 is 0 Å². The molecule has 1 saturated heterocycles. The van der Waals surface area contributed by atoms with E-state index in [1.165, 1.54) is 50.0 Å². The van der Waals surface area contributed by atoms with Crippen LogP contribution in [0.3, 0.4) is 0 Å². The second-order valence-corrected chi connectivity index (χ2v) is 8.30. The first-order valence-corrected chi connectivity index (χ1v) is 9.38. The highest BCUT2D eigenvalue weighted by atomic mass is 16.5. The molecule has 0 aromatic heterocycles. The predicted molar refractivity (Wildman–Crippen MR) is 92.3 cm³/mol. The largest absolute Gasteiger partial charge is 0.378 e. The standard InChI is InChI=1S/C19H38NO2/c1-6-7-8-9-10-11-12-13-14-22-17-15-18(2,3)20(21)19(4,5)16-17/h17H,6-16H2,1-5H3. The summed E-state index contributed by atoms with van der Waals surface area (Å²) in [6.45, 7) is 11.3. The smallest absolute Gasteiger partial charge is 0.0611 e. The summed E-state index contributed by atoms with van der Waals surface area (Å²) in [5, 5.41) is 13.6. The van der Waals surface area contributed by atoms with E-state index in [1.54, 1.807) is 0 Å². The normalized spacial score (nSPS) is 22.1. The Kier molecular flexibility index (Phi) is 8.37. The zero-order chi connectivity index (χ0) is 16.6. The van der Waals surface area contributed by atoms with Gasteiger partial charge in [0.2, 0.25) is 0 Å². The summed E-state index contributed by atoms with van der Waals surface area (Å²) in [6, 6.07) is 0. The monoisotopic (exact) mass is 312 g/mol. The van der Waals surface area contributed by atoms with E-state index in [9.17, 15) is 5.21 Å². The van der Waals surface area contributed by atoms with Gasteiger partial charge < -0.3 is 4.74 Å². The Labute approximate surface area is 138 Å². The lowest BCUT2D eigenvalue weighted by Crippen LogP contribution is -2.59. The molecule has 3 heteroatoms. The van der Waals surface area contributed by atoms with Gasteiger partial charge in [0, 0.05) is 17.7 Å². The molecular weight excluding hydrogens is 274 g/mol. The molecule has 0 aromatic carbocycles. The van der Waals surface area contributed by atoms with Crippen LogP contribution in [0.2, 0.25) is 0 Å². The molecule has 3 nitrogen and oxygen atoms in total. The minimum atomic E-state index is -0.314. The van der Waals surface area contributed by atoms with Crippen LogP contribution in [0.1, 0.15) is 98.8 Å². The van der Waals surface area contributed by atoms with Crippen molar-refractivity contribution in [2.24, 2.45) is 0 Å². The molecule has 1 aliphatic heterocycles. The second kappa shape index (κ2) is 9.24. The zero-order valence-electron chi connectivity index (χ0n) is 15.6. The molecule has 0 saturated carbocycles. The van der Waals surface area contributed by atoms with E-state index in [-0.39, 0.29) is 17.2 Å². The van der Waals surface area contributed by atoms with Gasteiger partial charge in [-0.1, -0.05) is 51.9 Å². The van der Waals surface area contributed by atoms with Crippen LogP contribution in [-0.2, 0) is 9.94 Å². The molecule has 0 amide bonds. The number of piperidine rings is 1. The molecule has 1 aliphatic rings. The van der Waals surface area contributed by atoms with Crippen molar-refractivity contribution in [3.63, 3.8) is 0 Å². The maximum absolute atomic E-state index is 12.3. The topological polar surface area (TPSA) is 32.4 Å². The molecule has 0 spiro atoms. The third kappa shape index (κ3) is 6.55. The van der Waals surface area contributed by atoms with E-state index < -0.39 is 0 Å². The SMILES string of the molecule is CCCCCCCCCCOC1CC(C)(C)N([O])C(C)(C)C1. The predicted octanol–water partition coefficient (Wildman–Crippen LogP) is 5.51. The lowest BCUT2D eigenvalue weighted by molar-refractivity contribution is -0.301. The highest BCUT2D eigenvalue weighted by Gasteiger charge is 2.46. The molecule has 1 fully saturated rings. The van der Waals surface area contributed by atoms with Gasteiger partial charge in [0.1, 0.15) is 0 Å². The number of ether oxygens (including phenoxy) is 1. The molecule has 0 bridgehead atoms. The Morgan fingerprint density at radius 2 is 1.32 bits per heavy atom. The Bertz CT molecular complexity index is 284. The zero-order valence-corrected chi connectivity index (χ0v) is 15.6. The van der Waals surface area contributed by atoms with Crippen LogP contribution in [0.25, 0.3) is 0 Å². The Hall–Kier alpha value is -0.120. The van der Waals surface area contributed by atoms with Gasteiger partial charge in [-0.15, -0.1) is 10.3 Å². The van der Waals surface area contributed by atoms with Gasteiger partial charge in [-0.3, -0.25) is 0 Å². The molecule has 0 aliphatic carbocycles. The average molecular weight is 313 g/mol. The van der Waals surface area contributed by atoms with Gasteiger partial charge in [0.05, 0.1) is 6.10 Å². The van der Waals surface area contributed by atoms with Crippen molar-refractivity contribution >= 4 is 0 Å². The van der Waals surface area contributed by atoms with Crippen LogP contribution in [0.4, 0.5) is 0 Å². The number of hydrogen-bond donors (Lipinski definition) is 0. The van der Waals surface area contributed by atoms with Crippen LogP contribution in [0, 0.1) is 0 Å². The van der Waals surface area contributed by atoms with Crippen molar-refractivity contribution in [1.82, 2.24) is 5.06 Å². The van der Waals surface area contributed by atoms with Gasteiger partial charge in [0.15, 0.2) is 0 Å². The van der Waals surface area contributed by atoms with Gasteiger partial charge in [-0.25, -0.2) is 0 Å². The first-order valence-electron chi connectivity index (χ1n) is 9.38. The number of nitrogens with zero attached hydrogens (tertiary/aromatic N) is 1. The summed E-state index contributed by atoms with van der Waals surface area (Å²) >= 11 is 0. The number of hydroxylamine groups is 2. The molecule has 0 atom stereocenters. The Morgan fingerprint density at radius 1 is 0.864 bits per heavy atom. The highest BCUT2D eigenvalue weighted by Crippen LogP contribution is 2.38. The lowest BCUT2D eigenvalue weighted by Gasteiger charge is -2.49. The van der Waals surface area contributed by atoms with Gasteiger partial charge >= 0.3 is 0 Å². The Morgan fingerprint density at radius 3 is 1.82 bits per heavy atom. The molecule has 22 heavy (non-hydrogen) atoms. The van der Waals surface area contributed by atoms with Crippen molar-refractivity contribution in [2.75, 3.05) is 6.61 Å². The maximum Gasteiger partial charge on any atom is 0.0611 e. The van der Waals surface area contributed by atoms with E-state index in [2.05, 4.69) is 6.92 Å². The molecule has 1 radical (unpaired) electrons. The maximum atomic E-state index is 12.3. The first kappa shape index (κ1) is 19.9. The quantitative estimate of drug-likeness (QED) is 0.498. The van der Waals surface area contributed by atoms with Crippen LogP contribution in [0.15, 0.2) is 0 Å². The molecule has 0 aromatic rings. The van der Waals surface area contributed by atoms with Crippen LogP contribution in [-0.4, -0.2) is 28.9 Å². The summed E-state index contributed by atoms with van der Waals surface area (Å²) in [6.07, 6.45) is 12.6. The summed E-state index contributed by atoms with van der Waals surface area (Å²) < 4.78 is 6.08. The number of unbranched alkanes of at least 4 members (excludes halogenated alkanes) is 7. The second-order valence-electron chi connectivity index (χ2n) is 8.30. The van der Waals surface area contributed by atoms with Crippen molar-refractivity contribution in [2.45, 2.75) is 116 Å². The van der Waals surface area contributed by atoms with Crippen molar-refractivity contribution in [3.8, 4) is 0 Å². The van der Waals surface area contributed by atoms with Crippen molar-refractivity contribution in [1.29, 1.82) is 0 Å². The molecule has 0 unspecified atom stereocenters. The van der Waals surface area contributed by atoms with Gasteiger partial charge in [-0.2, -0.15) is 0 Å². The fraction of sp³-hybridized carbons (Fsp3) is 1.00. The summed E-state index contributed by atoms with van der Waals surface area (Å²) in [5.74, 6) is 0. The van der Waals surface area contributed by atoms with Crippen LogP contribution in [0.5, 0.6) is 0 Å². The number of hydrogen-bond acceptors (Lipinski definition) is 2. The van der Waals surface area contributed by atoms with Gasteiger partial charge in [-0.05, 0) is 47.0 Å². The Balaban J connectivity index is 2.12. The minimum absolute atomic E-state index is 0.236. The molecule has 0 N–H and O–H groups in total. The number of rotatable bonds is 10. The molecule has 1 heterocycles. The first-order chi connectivity index (χ1) is 10.3. The fourth-order valence-electron chi connectivity index (χ4n) is 3.78. The molecule has 1 rings (SSSR count). The lowest BCUT2D eigenvalue weighted by atomic mass is 9.80. The van der Waals surface area contributed by atoms with E-state index in [1.807, 2.05) is 27.7 Å². The van der Waals surface area contributed by atoms with Crippen molar-refractivity contribution in [3.05, 3.63) is 0 Å². The summed E-state index contributed by atoms with van der Waals surface area (Å²) in [4.78, 5) is 0. The third-order valence-corrected chi connectivity index (χ3v) is 4.91. The highest BCUT2D eigenvalue weighted by molar-refractivity contribution is 4.96. The average Bonchev–Trinajstić information content (AvgIpc) is 2.42. The summed E-state index contributed by atoms with van der Waals surface area (Å²) in [7, 11) is 0. The fourth-order valence-corrected chi connectivity index (χ4v) is 3.78. The van der Waals surface area contributed by atoms with Crippen LogP contribution < -0.4 is 0 Å². The molecule has 131 valence electrons.